The van der Waals surface area contributed by atoms with Crippen LogP contribution in [0.3, 0.4) is 0 Å². The molecule has 0 saturated heterocycles. The Balaban J connectivity index is 1.51. The van der Waals surface area contributed by atoms with Crippen LogP contribution < -0.4 is 16.0 Å². The Morgan fingerprint density at radius 2 is 1.71 bits per heavy atom. The van der Waals surface area contributed by atoms with Gasteiger partial charge in [-0.1, -0.05) is 30.3 Å². The van der Waals surface area contributed by atoms with Crippen LogP contribution in [0.5, 0.6) is 0 Å². The first kappa shape index (κ1) is 19.4. The van der Waals surface area contributed by atoms with E-state index in [1.54, 1.807) is 24.2 Å². The molecule has 0 bridgehead atoms. The van der Waals surface area contributed by atoms with Crippen molar-refractivity contribution in [1.29, 1.82) is 0 Å². The topological polar surface area (TPSA) is 80.2 Å². The van der Waals surface area contributed by atoms with Gasteiger partial charge in [-0.15, -0.1) is 0 Å². The first-order chi connectivity index (χ1) is 13.6. The van der Waals surface area contributed by atoms with Crippen molar-refractivity contribution < 1.29 is 9.53 Å². The second kappa shape index (κ2) is 9.57. The number of anilines is 3. The van der Waals surface area contributed by atoms with Crippen molar-refractivity contribution in [1.82, 2.24) is 9.78 Å². The zero-order valence-corrected chi connectivity index (χ0v) is 16.1. The molecule has 1 heterocycles. The fourth-order valence-electron chi connectivity index (χ4n) is 2.75. The summed E-state index contributed by atoms with van der Waals surface area (Å²) in [7, 11) is 1.64. The van der Waals surface area contributed by atoms with Crippen molar-refractivity contribution in [3.8, 4) is 0 Å². The molecule has 0 aliphatic rings. The van der Waals surface area contributed by atoms with E-state index in [-0.39, 0.29) is 12.1 Å². The third-order valence-electron chi connectivity index (χ3n) is 4.24. The predicted molar refractivity (Wildman–Crippen MR) is 112 cm³/mol. The lowest BCUT2D eigenvalue weighted by atomic mass is 10.1. The molecule has 7 nitrogen and oxygen atoms in total. The number of carbonyl (C=O) groups is 1. The highest BCUT2D eigenvalue weighted by molar-refractivity contribution is 5.99. The van der Waals surface area contributed by atoms with Gasteiger partial charge in [-0.2, -0.15) is 5.10 Å². The van der Waals surface area contributed by atoms with E-state index in [9.17, 15) is 4.79 Å². The van der Waals surface area contributed by atoms with Crippen LogP contribution in [-0.2, 0) is 11.3 Å². The maximum absolute atomic E-state index is 12.2. The Kier molecular flexibility index (Phi) is 6.64. The van der Waals surface area contributed by atoms with Gasteiger partial charge in [0.2, 0.25) is 0 Å². The Labute approximate surface area is 164 Å². The van der Waals surface area contributed by atoms with Crippen LogP contribution in [-0.4, -0.2) is 29.5 Å². The Bertz CT molecular complexity index is 877. The SMILES string of the molecule is COCCn1cc(NC(=O)Nc2ccc(NC(C)c3ccccc3)cc2)cn1. The predicted octanol–water partition coefficient (Wildman–Crippen LogP) is 4.35. The van der Waals surface area contributed by atoms with Crippen LogP contribution in [0.1, 0.15) is 18.5 Å². The summed E-state index contributed by atoms with van der Waals surface area (Å²) in [6.07, 6.45) is 3.36. The van der Waals surface area contributed by atoms with Gasteiger partial charge in [0.05, 0.1) is 25.0 Å². The van der Waals surface area contributed by atoms with Gasteiger partial charge in [-0.05, 0) is 36.8 Å². The molecule has 146 valence electrons. The fraction of sp³-hybridized carbons (Fsp3) is 0.238. The molecule has 0 radical (unpaired) electrons. The van der Waals surface area contributed by atoms with Gasteiger partial charge in [0.25, 0.3) is 0 Å². The molecule has 0 fully saturated rings. The van der Waals surface area contributed by atoms with Gasteiger partial charge in [-0.25, -0.2) is 4.79 Å². The van der Waals surface area contributed by atoms with Crippen molar-refractivity contribution in [2.24, 2.45) is 0 Å². The number of nitrogens with zero attached hydrogens (tertiary/aromatic N) is 2. The molecule has 7 heteroatoms. The second-order valence-corrected chi connectivity index (χ2v) is 6.42. The number of hydrogen-bond donors (Lipinski definition) is 3. The van der Waals surface area contributed by atoms with Gasteiger partial charge in [0.15, 0.2) is 0 Å². The average Bonchev–Trinajstić information content (AvgIpc) is 3.15. The number of benzene rings is 2. The molecule has 0 aliphatic heterocycles. The number of methoxy groups -OCH3 is 1. The third kappa shape index (κ3) is 5.59. The smallest absolute Gasteiger partial charge is 0.323 e. The minimum atomic E-state index is -0.315. The van der Waals surface area contributed by atoms with Gasteiger partial charge < -0.3 is 20.7 Å². The van der Waals surface area contributed by atoms with Gasteiger partial charge in [-0.3, -0.25) is 4.68 Å². The van der Waals surface area contributed by atoms with Crippen molar-refractivity contribution in [3.05, 3.63) is 72.6 Å². The summed E-state index contributed by atoms with van der Waals surface area (Å²) in [5.41, 5.74) is 3.54. The maximum atomic E-state index is 12.2. The van der Waals surface area contributed by atoms with E-state index in [1.165, 1.54) is 5.56 Å². The number of hydrogen-bond acceptors (Lipinski definition) is 4. The first-order valence-electron chi connectivity index (χ1n) is 9.15. The first-order valence-corrected chi connectivity index (χ1v) is 9.15. The minimum Gasteiger partial charge on any atom is -0.383 e. The van der Waals surface area contributed by atoms with Gasteiger partial charge in [0.1, 0.15) is 0 Å². The minimum absolute atomic E-state index is 0.193. The van der Waals surface area contributed by atoms with Crippen molar-refractivity contribution >= 4 is 23.1 Å². The molecular formula is C21H25N5O2. The molecule has 2 amide bonds. The van der Waals surface area contributed by atoms with Crippen LogP contribution in [0.25, 0.3) is 0 Å². The Morgan fingerprint density at radius 3 is 2.43 bits per heavy atom. The molecule has 1 atom stereocenters. The molecule has 28 heavy (non-hydrogen) atoms. The number of aromatic nitrogens is 2. The summed E-state index contributed by atoms with van der Waals surface area (Å²) in [5, 5.41) is 13.2. The maximum Gasteiger partial charge on any atom is 0.323 e. The lowest BCUT2D eigenvalue weighted by molar-refractivity contribution is 0.183. The highest BCUT2D eigenvalue weighted by atomic mass is 16.5. The van der Waals surface area contributed by atoms with E-state index in [4.69, 9.17) is 4.74 Å². The number of ether oxygens (including phenoxy) is 1. The number of nitrogens with one attached hydrogen (secondary N) is 3. The molecule has 3 aromatic rings. The number of urea groups is 1. The zero-order valence-electron chi connectivity index (χ0n) is 16.1. The van der Waals surface area contributed by atoms with Crippen LogP contribution in [0, 0.1) is 0 Å². The summed E-state index contributed by atoms with van der Waals surface area (Å²) in [6.45, 7) is 3.31. The summed E-state index contributed by atoms with van der Waals surface area (Å²) in [6, 6.07) is 17.7. The van der Waals surface area contributed by atoms with E-state index in [0.29, 0.717) is 24.5 Å². The molecular weight excluding hydrogens is 354 g/mol. The molecule has 0 spiro atoms. The van der Waals surface area contributed by atoms with Crippen molar-refractivity contribution in [2.45, 2.75) is 19.5 Å². The summed E-state index contributed by atoms with van der Waals surface area (Å²) in [4.78, 5) is 12.2. The number of carbonyl (C=O) groups excluding carboxylic acids is 1. The monoisotopic (exact) mass is 379 g/mol. The average molecular weight is 379 g/mol. The zero-order chi connectivity index (χ0) is 19.8. The number of rotatable bonds is 8. The van der Waals surface area contributed by atoms with E-state index in [0.717, 1.165) is 5.69 Å². The second-order valence-electron chi connectivity index (χ2n) is 6.42. The highest BCUT2D eigenvalue weighted by Gasteiger charge is 2.07. The highest BCUT2D eigenvalue weighted by Crippen LogP contribution is 2.20. The van der Waals surface area contributed by atoms with E-state index < -0.39 is 0 Å². The van der Waals surface area contributed by atoms with Crippen LogP contribution >= 0.6 is 0 Å². The third-order valence-corrected chi connectivity index (χ3v) is 4.24. The normalized spacial score (nSPS) is 11.6. The molecule has 3 N–H and O–H groups in total. The van der Waals surface area contributed by atoms with Gasteiger partial charge >= 0.3 is 6.03 Å². The Morgan fingerprint density at radius 1 is 1.04 bits per heavy atom. The molecule has 3 rings (SSSR count). The lowest BCUT2D eigenvalue weighted by Gasteiger charge is -2.16. The van der Waals surface area contributed by atoms with E-state index >= 15 is 0 Å². The molecule has 1 aromatic heterocycles. The van der Waals surface area contributed by atoms with E-state index in [2.05, 4.69) is 40.1 Å². The van der Waals surface area contributed by atoms with Crippen molar-refractivity contribution in [2.75, 3.05) is 29.7 Å². The fourth-order valence-corrected chi connectivity index (χ4v) is 2.75. The van der Waals surface area contributed by atoms with Crippen molar-refractivity contribution in [3.63, 3.8) is 0 Å². The molecule has 2 aromatic carbocycles. The standard InChI is InChI=1S/C21H25N5O2/c1-16(17-6-4-3-5-7-17)23-18-8-10-19(11-9-18)24-21(27)25-20-14-22-26(15-20)12-13-28-2/h3-11,14-16,23H,12-13H2,1-2H3,(H2,24,25,27). The summed E-state index contributed by atoms with van der Waals surface area (Å²) >= 11 is 0. The van der Waals surface area contributed by atoms with Crippen LogP contribution in [0.15, 0.2) is 67.0 Å². The summed E-state index contributed by atoms with van der Waals surface area (Å²) < 4.78 is 6.72. The Hall–Kier alpha value is -3.32. The summed E-state index contributed by atoms with van der Waals surface area (Å²) in [5.74, 6) is 0. The molecule has 0 saturated carbocycles. The molecule has 1 unspecified atom stereocenters. The largest absolute Gasteiger partial charge is 0.383 e. The molecule has 0 aliphatic carbocycles. The van der Waals surface area contributed by atoms with Gasteiger partial charge in [0, 0.05) is 30.7 Å². The van der Waals surface area contributed by atoms with E-state index in [1.807, 2.05) is 42.5 Å². The lowest BCUT2D eigenvalue weighted by Crippen LogP contribution is -2.19. The number of amides is 2. The quantitative estimate of drug-likeness (QED) is 0.544. The van der Waals surface area contributed by atoms with Crippen LogP contribution in [0.4, 0.5) is 21.9 Å². The van der Waals surface area contributed by atoms with Crippen LogP contribution in [0.2, 0.25) is 0 Å².